The minimum Gasteiger partial charge on any atom is -0.385 e. The fourth-order valence-corrected chi connectivity index (χ4v) is 2.03. The predicted molar refractivity (Wildman–Crippen MR) is 71.8 cm³/mol. The largest absolute Gasteiger partial charge is 0.385 e. The van der Waals surface area contributed by atoms with Crippen molar-refractivity contribution >= 4 is 16.8 Å². The lowest BCUT2D eigenvalue weighted by molar-refractivity contribution is 0.0781. The Hall–Kier alpha value is -1.81. The molecule has 0 unspecified atom stereocenters. The number of fused-ring (bicyclic) bond motifs is 1. The quantitative estimate of drug-likeness (QED) is 0.823. The lowest BCUT2D eigenvalue weighted by Gasteiger charge is -2.17. The van der Waals surface area contributed by atoms with Gasteiger partial charge in [-0.1, -0.05) is 6.07 Å². The van der Waals surface area contributed by atoms with Gasteiger partial charge < -0.3 is 14.6 Å². The second-order valence-corrected chi connectivity index (χ2v) is 4.32. The molecule has 96 valence electrons. The van der Waals surface area contributed by atoms with Gasteiger partial charge in [0.1, 0.15) is 0 Å². The van der Waals surface area contributed by atoms with Crippen molar-refractivity contribution in [3.63, 3.8) is 0 Å². The van der Waals surface area contributed by atoms with Crippen LogP contribution in [0.5, 0.6) is 0 Å². The average Bonchev–Trinajstić information content (AvgIpc) is 2.86. The summed E-state index contributed by atoms with van der Waals surface area (Å²) in [5, 5.41) is 0.973. The van der Waals surface area contributed by atoms with E-state index in [1.807, 2.05) is 37.5 Å². The predicted octanol–water partition coefficient (Wildman–Crippen LogP) is 2.28. The van der Waals surface area contributed by atoms with Gasteiger partial charge in [-0.2, -0.15) is 0 Å². The van der Waals surface area contributed by atoms with E-state index in [1.54, 1.807) is 12.0 Å². The number of nitrogens with one attached hydrogen (secondary N) is 1. The van der Waals surface area contributed by atoms with Gasteiger partial charge in [-0.05, 0) is 24.6 Å². The zero-order valence-electron chi connectivity index (χ0n) is 10.8. The molecule has 4 nitrogen and oxygen atoms in total. The van der Waals surface area contributed by atoms with Crippen molar-refractivity contribution < 1.29 is 9.53 Å². The van der Waals surface area contributed by atoms with E-state index in [4.69, 9.17) is 4.74 Å². The minimum absolute atomic E-state index is 0.0521. The molecule has 2 rings (SSSR count). The SMILES string of the molecule is COCCCN(C)C(=O)c1cccc2[nH]ccc12. The van der Waals surface area contributed by atoms with Crippen molar-refractivity contribution in [2.45, 2.75) is 6.42 Å². The second-order valence-electron chi connectivity index (χ2n) is 4.32. The van der Waals surface area contributed by atoms with Gasteiger partial charge in [0.05, 0.1) is 0 Å². The van der Waals surface area contributed by atoms with Crippen LogP contribution in [0.15, 0.2) is 30.5 Å². The van der Waals surface area contributed by atoms with Crippen LogP contribution in [0, 0.1) is 0 Å². The summed E-state index contributed by atoms with van der Waals surface area (Å²) in [6, 6.07) is 7.67. The third-order valence-electron chi connectivity index (χ3n) is 3.01. The first-order valence-electron chi connectivity index (χ1n) is 6.04. The van der Waals surface area contributed by atoms with Crippen LogP contribution >= 0.6 is 0 Å². The highest BCUT2D eigenvalue weighted by molar-refractivity contribution is 6.06. The van der Waals surface area contributed by atoms with Crippen LogP contribution in [0.25, 0.3) is 10.9 Å². The second kappa shape index (κ2) is 5.69. The molecule has 1 N–H and O–H groups in total. The highest BCUT2D eigenvalue weighted by atomic mass is 16.5. The highest BCUT2D eigenvalue weighted by Gasteiger charge is 2.14. The van der Waals surface area contributed by atoms with Crippen LogP contribution in [0.3, 0.4) is 0 Å². The molecule has 4 heteroatoms. The van der Waals surface area contributed by atoms with E-state index < -0.39 is 0 Å². The Balaban J connectivity index is 2.15. The van der Waals surface area contributed by atoms with Gasteiger partial charge in [-0.25, -0.2) is 0 Å². The molecular formula is C14H18N2O2. The molecule has 18 heavy (non-hydrogen) atoms. The number of benzene rings is 1. The molecule has 1 heterocycles. The lowest BCUT2D eigenvalue weighted by Crippen LogP contribution is -2.28. The van der Waals surface area contributed by atoms with Gasteiger partial charge in [0.2, 0.25) is 0 Å². The summed E-state index contributed by atoms with van der Waals surface area (Å²) in [5.74, 6) is 0.0521. The van der Waals surface area contributed by atoms with E-state index >= 15 is 0 Å². The van der Waals surface area contributed by atoms with Gasteiger partial charge in [0.15, 0.2) is 0 Å². The summed E-state index contributed by atoms with van der Waals surface area (Å²) in [6.45, 7) is 1.37. The van der Waals surface area contributed by atoms with E-state index in [9.17, 15) is 4.79 Å². The first kappa shape index (κ1) is 12.6. The van der Waals surface area contributed by atoms with Crippen molar-refractivity contribution in [2.24, 2.45) is 0 Å². The molecule has 0 aliphatic heterocycles. The van der Waals surface area contributed by atoms with Crippen molar-refractivity contribution in [1.82, 2.24) is 9.88 Å². The first-order valence-corrected chi connectivity index (χ1v) is 6.04. The lowest BCUT2D eigenvalue weighted by atomic mass is 10.1. The van der Waals surface area contributed by atoms with E-state index in [2.05, 4.69) is 4.98 Å². The Morgan fingerprint density at radius 3 is 3.00 bits per heavy atom. The Morgan fingerprint density at radius 1 is 1.39 bits per heavy atom. The Labute approximate surface area is 107 Å². The van der Waals surface area contributed by atoms with Gasteiger partial charge in [0, 0.05) is 50.0 Å². The van der Waals surface area contributed by atoms with Crippen molar-refractivity contribution in [3.05, 3.63) is 36.0 Å². The van der Waals surface area contributed by atoms with E-state index in [-0.39, 0.29) is 5.91 Å². The summed E-state index contributed by atoms with van der Waals surface area (Å²) < 4.78 is 4.99. The molecule has 0 saturated carbocycles. The molecule has 0 bridgehead atoms. The van der Waals surface area contributed by atoms with Crippen LogP contribution in [-0.4, -0.2) is 43.1 Å². The molecule has 1 amide bonds. The number of nitrogens with zero attached hydrogens (tertiary/aromatic N) is 1. The molecule has 1 aromatic heterocycles. The number of rotatable bonds is 5. The van der Waals surface area contributed by atoms with Crippen LogP contribution < -0.4 is 0 Å². The van der Waals surface area contributed by atoms with Gasteiger partial charge in [0.25, 0.3) is 5.91 Å². The maximum Gasteiger partial charge on any atom is 0.254 e. The number of amides is 1. The molecule has 0 atom stereocenters. The standard InChI is InChI=1S/C14H18N2O2/c1-16(9-4-10-18-2)14(17)12-5-3-6-13-11(12)7-8-15-13/h3,5-8,15H,4,9-10H2,1-2H3. The number of carbonyl (C=O) groups is 1. The zero-order chi connectivity index (χ0) is 13.0. The molecule has 0 spiro atoms. The smallest absolute Gasteiger partial charge is 0.254 e. The van der Waals surface area contributed by atoms with E-state index in [1.165, 1.54) is 0 Å². The summed E-state index contributed by atoms with van der Waals surface area (Å²) in [5.41, 5.74) is 1.74. The fraction of sp³-hybridized carbons (Fsp3) is 0.357. The van der Waals surface area contributed by atoms with Gasteiger partial charge in [-0.3, -0.25) is 4.79 Å². The summed E-state index contributed by atoms with van der Waals surface area (Å²) in [4.78, 5) is 17.2. The first-order chi connectivity index (χ1) is 8.74. The maximum absolute atomic E-state index is 12.3. The van der Waals surface area contributed by atoms with Crippen LogP contribution in [0.1, 0.15) is 16.8 Å². The number of aromatic nitrogens is 1. The number of aromatic amines is 1. The maximum atomic E-state index is 12.3. The molecular weight excluding hydrogens is 228 g/mol. The summed E-state index contributed by atoms with van der Waals surface area (Å²) in [7, 11) is 3.49. The van der Waals surface area contributed by atoms with E-state index in [0.29, 0.717) is 13.2 Å². The zero-order valence-corrected chi connectivity index (χ0v) is 10.8. The van der Waals surface area contributed by atoms with Gasteiger partial charge in [-0.15, -0.1) is 0 Å². The number of ether oxygens (including phenoxy) is 1. The summed E-state index contributed by atoms with van der Waals surface area (Å²) in [6.07, 6.45) is 2.70. The Morgan fingerprint density at radius 2 is 2.22 bits per heavy atom. The number of carbonyl (C=O) groups excluding carboxylic acids is 1. The van der Waals surface area contributed by atoms with Crippen LogP contribution in [0.4, 0.5) is 0 Å². The molecule has 2 aromatic rings. The summed E-state index contributed by atoms with van der Waals surface area (Å²) >= 11 is 0. The fourth-order valence-electron chi connectivity index (χ4n) is 2.03. The number of H-pyrrole nitrogens is 1. The van der Waals surface area contributed by atoms with Crippen molar-refractivity contribution in [3.8, 4) is 0 Å². The molecule has 0 aliphatic rings. The molecule has 0 radical (unpaired) electrons. The van der Waals surface area contributed by atoms with Crippen molar-refractivity contribution in [1.29, 1.82) is 0 Å². The normalized spacial score (nSPS) is 10.8. The topological polar surface area (TPSA) is 45.3 Å². The van der Waals surface area contributed by atoms with Crippen molar-refractivity contribution in [2.75, 3.05) is 27.3 Å². The average molecular weight is 246 g/mol. The molecule has 1 aromatic carbocycles. The molecule has 0 fully saturated rings. The third-order valence-corrected chi connectivity index (χ3v) is 3.01. The Kier molecular flexibility index (Phi) is 3.99. The molecule has 0 saturated heterocycles. The van der Waals surface area contributed by atoms with Crippen LogP contribution in [-0.2, 0) is 4.74 Å². The Bertz CT molecular complexity index is 533. The minimum atomic E-state index is 0.0521. The molecule has 0 aliphatic carbocycles. The van der Waals surface area contributed by atoms with E-state index in [0.717, 1.165) is 22.9 Å². The monoisotopic (exact) mass is 246 g/mol. The van der Waals surface area contributed by atoms with Crippen LogP contribution in [0.2, 0.25) is 0 Å². The third kappa shape index (κ3) is 2.54. The number of hydrogen-bond donors (Lipinski definition) is 1. The van der Waals surface area contributed by atoms with Gasteiger partial charge >= 0.3 is 0 Å². The highest BCUT2D eigenvalue weighted by Crippen LogP contribution is 2.18. The number of hydrogen-bond acceptors (Lipinski definition) is 2. The number of methoxy groups -OCH3 is 1.